The fraction of sp³-hybridized carbons (Fsp3) is 0.846. The van der Waals surface area contributed by atoms with Crippen molar-refractivity contribution in [3.63, 3.8) is 0 Å². The highest BCUT2D eigenvalue weighted by atomic mass is 16.7. The number of methoxy groups -OCH3 is 3. The van der Waals surface area contributed by atoms with Crippen molar-refractivity contribution in [3.8, 4) is 0 Å². The van der Waals surface area contributed by atoms with Crippen LogP contribution in [0, 0.1) is 35.5 Å². The van der Waals surface area contributed by atoms with E-state index in [0.717, 1.165) is 12.8 Å². The zero-order valence-corrected chi connectivity index (χ0v) is 31.7. The minimum atomic E-state index is -1.60. The van der Waals surface area contributed by atoms with Crippen molar-refractivity contribution in [1.82, 2.24) is 0 Å². The minimum Gasteiger partial charge on any atom is -0.462 e. The molecule has 14 nitrogen and oxygen atoms in total. The SMILES string of the molecule is CC[C@H]1CCC[C@H](O[C@@H]2O[C@H](CO)[C@@H](O)[C@H](O)[C@H]2O)[C@@H](C)C(=O)C2=C[C@@H]3[C@@H](C=C[C@@H]4C[C@@H](O[C@@H]5O[C@@H](C)[C@H](OC)[C@@H](OC)[C@H]5OC)C[C@@H]34)[C@@H]2CC(=O)O1. The predicted molar refractivity (Wildman–Crippen MR) is 187 cm³/mol. The molecule has 6 rings (SSSR count). The van der Waals surface area contributed by atoms with Crippen LogP contribution in [0.25, 0.3) is 0 Å². The second kappa shape index (κ2) is 17.5. The summed E-state index contributed by atoms with van der Waals surface area (Å²) in [6.07, 6.45) is -0.328. The molecule has 53 heavy (non-hydrogen) atoms. The van der Waals surface area contributed by atoms with E-state index in [4.69, 9.17) is 37.9 Å². The van der Waals surface area contributed by atoms with Gasteiger partial charge in [0.05, 0.1) is 31.3 Å². The number of rotatable bonds is 9. The van der Waals surface area contributed by atoms with Gasteiger partial charge in [0, 0.05) is 33.2 Å². The summed E-state index contributed by atoms with van der Waals surface area (Å²) in [5.74, 6) is -1.26. The van der Waals surface area contributed by atoms with Crippen LogP contribution in [0.4, 0.5) is 0 Å². The van der Waals surface area contributed by atoms with Crippen LogP contribution < -0.4 is 0 Å². The van der Waals surface area contributed by atoms with Crippen molar-refractivity contribution in [2.75, 3.05) is 27.9 Å². The Balaban J connectivity index is 1.23. The zero-order chi connectivity index (χ0) is 38.1. The molecule has 4 fully saturated rings. The van der Waals surface area contributed by atoms with Gasteiger partial charge in [-0.3, -0.25) is 9.59 Å². The van der Waals surface area contributed by atoms with E-state index < -0.39 is 67.6 Å². The molecule has 0 unspecified atom stereocenters. The van der Waals surface area contributed by atoms with Crippen molar-refractivity contribution in [3.05, 3.63) is 23.8 Å². The molecule has 3 aliphatic carbocycles. The lowest BCUT2D eigenvalue weighted by molar-refractivity contribution is -0.314. The molecule has 0 aromatic heterocycles. The van der Waals surface area contributed by atoms with Crippen molar-refractivity contribution < 1.29 is 67.9 Å². The Morgan fingerprint density at radius 2 is 1.57 bits per heavy atom. The van der Waals surface area contributed by atoms with E-state index in [-0.39, 0.29) is 72.4 Å². The average Bonchev–Trinajstić information content (AvgIpc) is 3.73. The van der Waals surface area contributed by atoms with Crippen LogP contribution in [0.15, 0.2) is 23.8 Å². The van der Waals surface area contributed by atoms with Gasteiger partial charge in [0.15, 0.2) is 18.4 Å². The van der Waals surface area contributed by atoms with Crippen LogP contribution in [-0.4, -0.2) is 140 Å². The maximum absolute atomic E-state index is 14.6. The Labute approximate surface area is 312 Å². The topological polar surface area (TPSA) is 189 Å². The summed E-state index contributed by atoms with van der Waals surface area (Å²) in [6, 6.07) is 0. The molecule has 3 heterocycles. The number of Topliss-reactive ketones (excluding diaryl/α,β-unsaturated/α-hetero) is 1. The van der Waals surface area contributed by atoms with Crippen LogP contribution in [0.3, 0.4) is 0 Å². The van der Waals surface area contributed by atoms with Gasteiger partial charge in [-0.1, -0.05) is 32.1 Å². The molecular formula is C39H60O14. The first kappa shape index (κ1) is 40.8. The summed E-state index contributed by atoms with van der Waals surface area (Å²) < 4.78 is 48.1. The number of carbonyl (C=O) groups excluding carboxylic acids is 2. The first-order valence-corrected chi connectivity index (χ1v) is 19.4. The van der Waals surface area contributed by atoms with Gasteiger partial charge in [0.25, 0.3) is 0 Å². The third kappa shape index (κ3) is 8.20. The molecule has 0 aromatic rings. The molecule has 1 saturated carbocycles. The fourth-order valence-electron chi connectivity index (χ4n) is 9.84. The van der Waals surface area contributed by atoms with Crippen LogP contribution in [0.5, 0.6) is 0 Å². The fourth-order valence-corrected chi connectivity index (χ4v) is 9.84. The van der Waals surface area contributed by atoms with Gasteiger partial charge in [-0.15, -0.1) is 0 Å². The van der Waals surface area contributed by atoms with Gasteiger partial charge in [0.2, 0.25) is 0 Å². The van der Waals surface area contributed by atoms with E-state index in [1.54, 1.807) is 28.3 Å². The smallest absolute Gasteiger partial charge is 0.306 e. The van der Waals surface area contributed by atoms with Crippen LogP contribution in [0.1, 0.15) is 65.7 Å². The van der Waals surface area contributed by atoms with Gasteiger partial charge in [-0.2, -0.15) is 0 Å². The first-order valence-electron chi connectivity index (χ1n) is 19.4. The second-order valence-corrected chi connectivity index (χ2v) is 15.8. The Hall–Kier alpha value is -1.82. The Kier molecular flexibility index (Phi) is 13.5. The number of hydrogen-bond acceptors (Lipinski definition) is 14. The molecule has 3 aliphatic heterocycles. The van der Waals surface area contributed by atoms with Gasteiger partial charge in [-0.05, 0) is 74.7 Å². The third-order valence-electron chi connectivity index (χ3n) is 12.8. The highest BCUT2D eigenvalue weighted by molar-refractivity contribution is 5.99. The second-order valence-electron chi connectivity index (χ2n) is 15.8. The lowest BCUT2D eigenvalue weighted by Crippen LogP contribution is -2.60. The molecule has 6 aliphatic rings. The average molecular weight is 753 g/mol. The van der Waals surface area contributed by atoms with Gasteiger partial charge < -0.3 is 58.3 Å². The number of ether oxygens (including phenoxy) is 8. The van der Waals surface area contributed by atoms with Crippen molar-refractivity contribution in [2.45, 2.75) is 145 Å². The minimum absolute atomic E-state index is 0.00604. The van der Waals surface area contributed by atoms with E-state index in [1.165, 1.54) is 0 Å². The monoisotopic (exact) mass is 752 g/mol. The van der Waals surface area contributed by atoms with Gasteiger partial charge in [0.1, 0.15) is 48.8 Å². The standard InChI is InChI=1S/C39H60O14/c1-7-21-9-8-10-28(52-38-34(45)33(44)32(43)29(17-40)53-38)18(2)31(42)27-15-25-23(26(27)16-30(41)50-21)12-11-20-13-22(14-24(20)25)51-39-37(48-6)36(47-5)35(46-4)19(3)49-39/h11-12,15,18-26,28-29,32-40,43-45H,7-10,13-14,16-17H2,1-6H3/t18-,19+,20-,21+,22-,23-,24-,25-,26+,28+,29-,32-,33+,34-,35+,36-,37-,38-,39+/m1/s1. The quantitative estimate of drug-likeness (QED) is 0.197. The number of fused-ring (bicyclic) bond motifs is 5. The lowest BCUT2D eigenvalue weighted by Gasteiger charge is -2.44. The maximum Gasteiger partial charge on any atom is 0.306 e. The number of hydrogen-bond donors (Lipinski definition) is 4. The molecule has 0 spiro atoms. The molecule has 14 heteroatoms. The highest BCUT2D eigenvalue weighted by Crippen LogP contribution is 2.54. The number of ketones is 1. The third-order valence-corrected chi connectivity index (χ3v) is 12.8. The molecular weight excluding hydrogens is 692 g/mol. The van der Waals surface area contributed by atoms with E-state index >= 15 is 0 Å². The highest BCUT2D eigenvalue weighted by Gasteiger charge is 2.53. The normalized spacial score (nSPS) is 47.8. The van der Waals surface area contributed by atoms with E-state index in [9.17, 15) is 30.0 Å². The molecule has 3 saturated heterocycles. The number of esters is 1. The number of allylic oxidation sites excluding steroid dienone is 4. The molecule has 0 aromatic carbocycles. The molecule has 0 radical (unpaired) electrons. The number of cyclic esters (lactones) is 1. The summed E-state index contributed by atoms with van der Waals surface area (Å²) in [4.78, 5) is 28.0. The molecule has 300 valence electrons. The first-order chi connectivity index (χ1) is 25.4. The van der Waals surface area contributed by atoms with Crippen LogP contribution >= 0.6 is 0 Å². The molecule has 0 amide bonds. The van der Waals surface area contributed by atoms with Crippen molar-refractivity contribution in [1.29, 1.82) is 0 Å². The number of carbonyl (C=O) groups is 2. The van der Waals surface area contributed by atoms with Crippen molar-refractivity contribution in [2.24, 2.45) is 35.5 Å². The summed E-state index contributed by atoms with van der Waals surface area (Å²) in [6.45, 7) is 5.10. The largest absolute Gasteiger partial charge is 0.462 e. The Bertz CT molecular complexity index is 1320. The van der Waals surface area contributed by atoms with Crippen molar-refractivity contribution >= 4 is 11.8 Å². The Morgan fingerprint density at radius 3 is 2.25 bits per heavy atom. The summed E-state index contributed by atoms with van der Waals surface area (Å²) >= 11 is 0. The molecule has 4 N–H and O–H groups in total. The number of aliphatic hydroxyl groups excluding tert-OH is 4. The van der Waals surface area contributed by atoms with Crippen LogP contribution in [0.2, 0.25) is 0 Å². The molecule has 19 atom stereocenters. The lowest BCUT2D eigenvalue weighted by atomic mass is 9.70. The van der Waals surface area contributed by atoms with E-state index in [0.29, 0.717) is 31.3 Å². The summed E-state index contributed by atoms with van der Waals surface area (Å²) in [5, 5.41) is 41.3. The number of aliphatic hydroxyl groups is 4. The summed E-state index contributed by atoms with van der Waals surface area (Å²) in [5.41, 5.74) is 0.576. The maximum atomic E-state index is 14.6. The van der Waals surface area contributed by atoms with Gasteiger partial charge in [-0.25, -0.2) is 0 Å². The van der Waals surface area contributed by atoms with Gasteiger partial charge >= 0.3 is 5.97 Å². The molecule has 0 bridgehead atoms. The zero-order valence-electron chi connectivity index (χ0n) is 31.7. The summed E-state index contributed by atoms with van der Waals surface area (Å²) in [7, 11) is 4.86. The Morgan fingerprint density at radius 1 is 0.830 bits per heavy atom. The van der Waals surface area contributed by atoms with Crippen LogP contribution in [-0.2, 0) is 47.5 Å². The predicted octanol–water partition coefficient (Wildman–Crippen LogP) is 1.83. The van der Waals surface area contributed by atoms with E-state index in [2.05, 4.69) is 18.2 Å². The van der Waals surface area contributed by atoms with E-state index in [1.807, 2.05) is 13.8 Å².